The number of pyridine rings is 4. The van der Waals surface area contributed by atoms with Crippen LogP contribution in [-0.2, 0) is 13.1 Å². The molecule has 0 saturated carbocycles. The Kier molecular flexibility index (Phi) is 4.96. The normalized spacial score (nSPS) is 12.5. The number of rotatable bonds is 3. The molecule has 1 aliphatic rings. The molecule has 1 aliphatic heterocycles. The highest BCUT2D eigenvalue weighted by Gasteiger charge is 2.26. The molecule has 158 valence electrons. The highest BCUT2D eigenvalue weighted by Crippen LogP contribution is 2.28. The van der Waals surface area contributed by atoms with E-state index in [-0.39, 0.29) is 0 Å². The van der Waals surface area contributed by atoms with E-state index in [2.05, 4.69) is 98.2 Å². The topological polar surface area (TPSA) is 33.5 Å². The first-order valence-electron chi connectivity index (χ1n) is 11.4. The van der Waals surface area contributed by atoms with Crippen molar-refractivity contribution in [1.29, 1.82) is 0 Å². The predicted molar refractivity (Wildman–Crippen MR) is 129 cm³/mol. The lowest BCUT2D eigenvalue weighted by Gasteiger charge is -2.07. The van der Waals surface area contributed by atoms with Gasteiger partial charge in [-0.2, -0.15) is 9.13 Å². The minimum Gasteiger partial charge on any atom is -0.255 e. The Morgan fingerprint density at radius 2 is 1.24 bits per heavy atom. The first-order valence-corrected chi connectivity index (χ1v) is 11.4. The second kappa shape index (κ2) is 8.40. The number of fused-ring (bicyclic) bond motifs is 3. The number of nitrogens with zero attached hydrogens (tertiary/aromatic N) is 4. The summed E-state index contributed by atoms with van der Waals surface area (Å²) in [7, 11) is 0. The largest absolute Gasteiger partial charge is 0.277 e. The Morgan fingerprint density at radius 1 is 0.515 bits per heavy atom. The number of benzene rings is 1. The zero-order valence-corrected chi connectivity index (χ0v) is 18.3. The van der Waals surface area contributed by atoms with Crippen molar-refractivity contribution >= 4 is 0 Å². The van der Waals surface area contributed by atoms with Crippen LogP contribution >= 0.6 is 0 Å². The Balaban J connectivity index is 1.34. The van der Waals surface area contributed by atoms with Crippen molar-refractivity contribution in [3.8, 4) is 45.0 Å². The first kappa shape index (κ1) is 19.5. The first-order chi connectivity index (χ1) is 16.3. The summed E-state index contributed by atoms with van der Waals surface area (Å²) >= 11 is 0. The molecule has 0 fully saturated rings. The van der Waals surface area contributed by atoms with E-state index in [1.54, 1.807) is 6.20 Å². The van der Waals surface area contributed by atoms with Gasteiger partial charge in [0.1, 0.15) is 0 Å². The van der Waals surface area contributed by atoms with Gasteiger partial charge in [0.15, 0.2) is 25.5 Å². The smallest absolute Gasteiger partial charge is 0.255 e. The molecule has 5 heterocycles. The van der Waals surface area contributed by atoms with Crippen LogP contribution in [0.3, 0.4) is 0 Å². The molecule has 0 amide bonds. The molecule has 0 unspecified atom stereocenters. The summed E-state index contributed by atoms with van der Waals surface area (Å²) in [6.45, 7) is 2.09. The third kappa shape index (κ3) is 3.80. The van der Waals surface area contributed by atoms with E-state index in [4.69, 9.17) is 0 Å². The maximum absolute atomic E-state index is 4.50. The Labute approximate surface area is 193 Å². The second-order valence-electron chi connectivity index (χ2n) is 8.35. The Hall–Kier alpha value is -4.18. The lowest BCUT2D eigenvalue weighted by Crippen LogP contribution is -2.37. The molecule has 0 aliphatic carbocycles. The van der Waals surface area contributed by atoms with E-state index in [1.165, 1.54) is 28.1 Å². The maximum atomic E-state index is 4.50. The van der Waals surface area contributed by atoms with E-state index in [0.717, 1.165) is 36.5 Å². The third-order valence-corrected chi connectivity index (χ3v) is 6.28. The van der Waals surface area contributed by atoms with Crippen molar-refractivity contribution in [2.75, 3.05) is 0 Å². The van der Waals surface area contributed by atoms with E-state index in [0.29, 0.717) is 0 Å². The monoisotopic (exact) mass is 428 g/mol. The average Bonchev–Trinajstić information content (AvgIpc) is 3.08. The van der Waals surface area contributed by atoms with E-state index in [1.807, 2.05) is 24.4 Å². The van der Waals surface area contributed by atoms with Crippen molar-refractivity contribution < 1.29 is 9.13 Å². The van der Waals surface area contributed by atoms with Gasteiger partial charge in [-0.15, -0.1) is 0 Å². The van der Waals surface area contributed by atoms with Gasteiger partial charge in [0.2, 0.25) is 0 Å². The van der Waals surface area contributed by atoms with Crippen LogP contribution in [0.15, 0.2) is 110 Å². The maximum Gasteiger partial charge on any atom is 0.277 e. The zero-order chi connectivity index (χ0) is 22.0. The van der Waals surface area contributed by atoms with Gasteiger partial charge in [-0.1, -0.05) is 30.3 Å². The van der Waals surface area contributed by atoms with Gasteiger partial charge in [0.25, 0.3) is 11.4 Å². The van der Waals surface area contributed by atoms with Crippen LogP contribution in [-0.4, -0.2) is 9.97 Å². The molecule has 0 radical (unpaired) electrons. The molecule has 0 atom stereocenters. The summed E-state index contributed by atoms with van der Waals surface area (Å²) in [6.07, 6.45) is 9.20. The fourth-order valence-corrected chi connectivity index (χ4v) is 4.56. The van der Waals surface area contributed by atoms with E-state index >= 15 is 0 Å². The summed E-state index contributed by atoms with van der Waals surface area (Å²) in [5.74, 6) is 0. The average molecular weight is 429 g/mol. The highest BCUT2D eigenvalue weighted by molar-refractivity contribution is 5.73. The predicted octanol–water partition coefficient (Wildman–Crippen LogP) is 5.12. The molecule has 0 N–H and O–H groups in total. The van der Waals surface area contributed by atoms with Crippen LogP contribution in [0.1, 0.15) is 6.42 Å². The van der Waals surface area contributed by atoms with Crippen LogP contribution in [0.2, 0.25) is 0 Å². The number of hydrogen-bond donors (Lipinski definition) is 0. The summed E-state index contributed by atoms with van der Waals surface area (Å²) in [5.41, 5.74) is 9.06. The Bertz CT molecular complexity index is 1430. The quantitative estimate of drug-likeness (QED) is 0.374. The zero-order valence-electron chi connectivity index (χ0n) is 18.3. The summed E-state index contributed by atoms with van der Waals surface area (Å²) in [6, 6.07) is 29.8. The number of hydrogen-bond acceptors (Lipinski definition) is 2. The number of aryl methyl sites for hydroxylation is 2. The third-order valence-electron chi connectivity index (χ3n) is 6.28. The molecule has 33 heavy (non-hydrogen) atoms. The summed E-state index contributed by atoms with van der Waals surface area (Å²) in [5, 5.41) is 0. The molecular weight excluding hydrogens is 404 g/mol. The van der Waals surface area contributed by atoms with Gasteiger partial charge in [-0.05, 0) is 52.6 Å². The molecule has 4 heteroatoms. The molecule has 4 aromatic heterocycles. The minimum absolute atomic E-state index is 0.885. The van der Waals surface area contributed by atoms with Crippen molar-refractivity contribution in [2.24, 2.45) is 0 Å². The molecule has 5 aromatic rings. The van der Waals surface area contributed by atoms with Gasteiger partial charge < -0.3 is 0 Å². The molecule has 0 saturated heterocycles. The minimum atomic E-state index is 0.885. The summed E-state index contributed by atoms with van der Waals surface area (Å²) < 4.78 is 4.72. The fourth-order valence-electron chi connectivity index (χ4n) is 4.56. The molecule has 1 aromatic carbocycles. The molecule has 4 nitrogen and oxygen atoms in total. The van der Waals surface area contributed by atoms with Crippen LogP contribution in [0, 0.1) is 0 Å². The molecule has 6 rings (SSSR count). The molecule has 0 bridgehead atoms. The van der Waals surface area contributed by atoms with Gasteiger partial charge in [0.05, 0.1) is 17.8 Å². The van der Waals surface area contributed by atoms with Crippen molar-refractivity contribution in [3.05, 3.63) is 110 Å². The van der Waals surface area contributed by atoms with Gasteiger partial charge >= 0.3 is 0 Å². The van der Waals surface area contributed by atoms with Crippen molar-refractivity contribution in [1.82, 2.24) is 9.97 Å². The van der Waals surface area contributed by atoms with Gasteiger partial charge in [0, 0.05) is 36.7 Å². The van der Waals surface area contributed by atoms with Crippen molar-refractivity contribution in [3.63, 3.8) is 0 Å². The van der Waals surface area contributed by atoms with Crippen LogP contribution < -0.4 is 9.13 Å². The SMILES string of the molecule is c1ccc(-c2cc(-c3ccc(-c4cc[n+]5c(c4)-c4cccc[n+]4CCC5)cc3)ccn2)nc1. The van der Waals surface area contributed by atoms with Crippen LogP contribution in [0.5, 0.6) is 0 Å². The highest BCUT2D eigenvalue weighted by atomic mass is 15.1. The van der Waals surface area contributed by atoms with Crippen LogP contribution in [0.4, 0.5) is 0 Å². The Morgan fingerprint density at radius 3 is 2.03 bits per heavy atom. The van der Waals surface area contributed by atoms with Gasteiger partial charge in [-0.25, -0.2) is 0 Å². The number of aromatic nitrogens is 4. The van der Waals surface area contributed by atoms with Crippen LogP contribution in [0.25, 0.3) is 45.0 Å². The van der Waals surface area contributed by atoms with E-state index < -0.39 is 0 Å². The molecule has 0 spiro atoms. The summed E-state index contributed by atoms with van der Waals surface area (Å²) in [4.78, 5) is 8.93. The van der Waals surface area contributed by atoms with Gasteiger partial charge in [-0.3, -0.25) is 9.97 Å². The molecular formula is C29H24N4+2. The second-order valence-corrected chi connectivity index (χ2v) is 8.35. The van der Waals surface area contributed by atoms with Crippen molar-refractivity contribution in [2.45, 2.75) is 19.5 Å². The lowest BCUT2D eigenvalue weighted by molar-refractivity contribution is -0.687. The fraction of sp³-hybridized carbons (Fsp3) is 0.103. The van der Waals surface area contributed by atoms with E-state index in [9.17, 15) is 0 Å². The lowest BCUT2D eigenvalue weighted by atomic mass is 10.00. The standard InChI is InChI=1S/C29H24N4/c1-3-14-30-26(6-1)27-20-24(12-15-31-27)22-8-10-23(11-9-22)25-13-19-33-18-5-17-32-16-4-2-7-28(32)29(33)21-25/h1-4,6-16,19-21H,5,17-18H2/q+2.